The van der Waals surface area contributed by atoms with E-state index in [4.69, 9.17) is 0 Å². The minimum absolute atomic E-state index is 0.0798. The summed E-state index contributed by atoms with van der Waals surface area (Å²) in [4.78, 5) is 12.1. The Labute approximate surface area is 121 Å². The Morgan fingerprint density at radius 1 is 1.20 bits per heavy atom. The summed E-state index contributed by atoms with van der Waals surface area (Å²) in [5.41, 5.74) is 0.967. The van der Waals surface area contributed by atoms with E-state index in [2.05, 4.69) is 0 Å². The normalized spacial score (nSPS) is 12.1. The van der Waals surface area contributed by atoms with E-state index in [9.17, 15) is 15.2 Å². The highest BCUT2D eigenvalue weighted by Gasteiger charge is 2.11. The van der Waals surface area contributed by atoms with Crippen molar-refractivity contribution in [3.8, 4) is 0 Å². The van der Waals surface area contributed by atoms with E-state index in [1.54, 1.807) is 12.1 Å². The molecule has 104 valence electrons. The number of benzene rings is 2. The van der Waals surface area contributed by atoms with Crippen LogP contribution in [0.1, 0.15) is 25.0 Å². The second kappa shape index (κ2) is 6.54. The van der Waals surface area contributed by atoms with Crippen molar-refractivity contribution in [1.29, 1.82) is 0 Å². The van der Waals surface area contributed by atoms with Gasteiger partial charge in [-0.3, -0.25) is 10.1 Å². The molecule has 2 rings (SSSR count). The van der Waals surface area contributed by atoms with Gasteiger partial charge in [0.05, 0.1) is 11.0 Å². The van der Waals surface area contributed by atoms with E-state index in [0.29, 0.717) is 6.42 Å². The first-order valence-corrected chi connectivity index (χ1v) is 7.12. The Morgan fingerprint density at radius 3 is 2.45 bits per heavy atom. The second-order valence-corrected chi connectivity index (χ2v) is 5.43. The number of hydrogen-bond acceptors (Lipinski definition) is 4. The molecule has 0 amide bonds. The lowest BCUT2D eigenvalue weighted by Crippen LogP contribution is -1.97. The van der Waals surface area contributed by atoms with Crippen molar-refractivity contribution < 1.29 is 10.0 Å². The van der Waals surface area contributed by atoms with E-state index in [0.717, 1.165) is 15.4 Å². The molecule has 0 bridgehead atoms. The standard InChI is InChI=1S/C15H15NO3S/c1-2-14(17)13-5-3-4-6-15(13)20-12-9-7-11(8-10-12)16(18)19/h3-10,14,17H,2H2,1H3/t14-/m1/s1. The van der Waals surface area contributed by atoms with Crippen LogP contribution in [0.15, 0.2) is 58.3 Å². The molecule has 0 aliphatic heterocycles. The van der Waals surface area contributed by atoms with Crippen LogP contribution in [0.4, 0.5) is 5.69 Å². The fourth-order valence-corrected chi connectivity index (χ4v) is 2.83. The number of hydrogen-bond donors (Lipinski definition) is 1. The summed E-state index contributed by atoms with van der Waals surface area (Å²) in [7, 11) is 0. The Kier molecular flexibility index (Phi) is 4.76. The molecule has 0 saturated heterocycles. The molecule has 0 heterocycles. The molecule has 5 heteroatoms. The molecule has 20 heavy (non-hydrogen) atoms. The van der Waals surface area contributed by atoms with Crippen LogP contribution in [0.3, 0.4) is 0 Å². The van der Waals surface area contributed by atoms with Crippen LogP contribution >= 0.6 is 11.8 Å². The van der Waals surface area contributed by atoms with Crippen LogP contribution in [-0.4, -0.2) is 10.0 Å². The third-order valence-corrected chi connectivity index (χ3v) is 4.04. The fourth-order valence-electron chi connectivity index (χ4n) is 1.83. The molecule has 0 saturated carbocycles. The maximum Gasteiger partial charge on any atom is 0.269 e. The summed E-state index contributed by atoms with van der Waals surface area (Å²) in [5.74, 6) is 0. The van der Waals surface area contributed by atoms with Gasteiger partial charge in [0.2, 0.25) is 0 Å². The molecular weight excluding hydrogens is 274 g/mol. The van der Waals surface area contributed by atoms with Gasteiger partial charge in [-0.25, -0.2) is 0 Å². The zero-order valence-electron chi connectivity index (χ0n) is 11.0. The highest BCUT2D eigenvalue weighted by atomic mass is 32.2. The third kappa shape index (κ3) is 3.37. The van der Waals surface area contributed by atoms with Gasteiger partial charge in [0.1, 0.15) is 0 Å². The second-order valence-electron chi connectivity index (χ2n) is 4.31. The van der Waals surface area contributed by atoms with Gasteiger partial charge in [0.15, 0.2) is 0 Å². The van der Waals surface area contributed by atoms with Gasteiger partial charge in [-0.1, -0.05) is 36.9 Å². The Bertz CT molecular complexity index is 598. The number of nitro groups is 1. The summed E-state index contributed by atoms with van der Waals surface area (Å²) in [6.07, 6.45) is 0.162. The van der Waals surface area contributed by atoms with E-state index in [1.165, 1.54) is 23.9 Å². The Balaban J connectivity index is 2.23. The SMILES string of the molecule is CC[C@@H](O)c1ccccc1Sc1ccc([N+](=O)[O-])cc1. The van der Waals surface area contributed by atoms with Crippen LogP contribution in [0.2, 0.25) is 0 Å². The number of rotatable bonds is 5. The Hall–Kier alpha value is -1.85. The average molecular weight is 289 g/mol. The van der Waals surface area contributed by atoms with Crippen LogP contribution in [0.5, 0.6) is 0 Å². The van der Waals surface area contributed by atoms with Gasteiger partial charge in [0, 0.05) is 21.9 Å². The number of aliphatic hydroxyl groups is 1. The summed E-state index contributed by atoms with van der Waals surface area (Å²) in [6.45, 7) is 1.93. The van der Waals surface area contributed by atoms with Crippen LogP contribution in [0.25, 0.3) is 0 Å². The topological polar surface area (TPSA) is 63.4 Å². The first-order valence-electron chi connectivity index (χ1n) is 6.31. The van der Waals surface area contributed by atoms with E-state index in [1.807, 2.05) is 31.2 Å². The summed E-state index contributed by atoms with van der Waals surface area (Å²) < 4.78 is 0. The summed E-state index contributed by atoms with van der Waals surface area (Å²) >= 11 is 1.50. The van der Waals surface area contributed by atoms with Crippen LogP contribution < -0.4 is 0 Å². The lowest BCUT2D eigenvalue weighted by molar-refractivity contribution is -0.384. The van der Waals surface area contributed by atoms with Crippen LogP contribution in [-0.2, 0) is 0 Å². The van der Waals surface area contributed by atoms with Crippen molar-refractivity contribution in [3.05, 3.63) is 64.2 Å². The van der Waals surface area contributed by atoms with Crippen LogP contribution in [0, 0.1) is 10.1 Å². The van der Waals surface area contributed by atoms with Gasteiger partial charge in [-0.2, -0.15) is 0 Å². The average Bonchev–Trinajstić information content (AvgIpc) is 2.47. The van der Waals surface area contributed by atoms with E-state index >= 15 is 0 Å². The van der Waals surface area contributed by atoms with Gasteiger partial charge in [-0.15, -0.1) is 0 Å². The molecular formula is C15H15NO3S. The molecule has 0 radical (unpaired) electrons. The molecule has 0 unspecified atom stereocenters. The van der Waals surface area contributed by atoms with E-state index in [-0.39, 0.29) is 5.69 Å². The quantitative estimate of drug-likeness (QED) is 0.662. The smallest absolute Gasteiger partial charge is 0.269 e. The van der Waals surface area contributed by atoms with E-state index < -0.39 is 11.0 Å². The minimum Gasteiger partial charge on any atom is -0.388 e. The monoisotopic (exact) mass is 289 g/mol. The van der Waals surface area contributed by atoms with Crippen molar-refractivity contribution in [2.24, 2.45) is 0 Å². The van der Waals surface area contributed by atoms with Crippen molar-refractivity contribution in [3.63, 3.8) is 0 Å². The van der Waals surface area contributed by atoms with Gasteiger partial charge >= 0.3 is 0 Å². The first-order chi connectivity index (χ1) is 9.61. The lowest BCUT2D eigenvalue weighted by atomic mass is 10.1. The maximum absolute atomic E-state index is 10.6. The highest BCUT2D eigenvalue weighted by molar-refractivity contribution is 7.99. The van der Waals surface area contributed by atoms with Gasteiger partial charge in [-0.05, 0) is 30.2 Å². The fraction of sp³-hybridized carbons (Fsp3) is 0.200. The molecule has 0 aromatic heterocycles. The lowest BCUT2D eigenvalue weighted by Gasteiger charge is -2.13. The third-order valence-electron chi connectivity index (χ3n) is 2.94. The summed E-state index contributed by atoms with van der Waals surface area (Å²) in [5, 5.41) is 20.6. The number of aliphatic hydroxyl groups excluding tert-OH is 1. The summed E-state index contributed by atoms with van der Waals surface area (Å²) in [6, 6.07) is 14.1. The first kappa shape index (κ1) is 14.6. The molecule has 0 fully saturated rings. The molecule has 4 nitrogen and oxygen atoms in total. The molecule has 1 N–H and O–H groups in total. The number of nitro benzene ring substituents is 1. The predicted octanol–water partition coefficient (Wildman–Crippen LogP) is 4.19. The van der Waals surface area contributed by atoms with Crippen molar-refractivity contribution in [2.75, 3.05) is 0 Å². The number of non-ortho nitro benzene ring substituents is 1. The molecule has 0 aliphatic rings. The van der Waals surface area contributed by atoms with Gasteiger partial charge < -0.3 is 5.11 Å². The van der Waals surface area contributed by atoms with Crippen molar-refractivity contribution >= 4 is 17.4 Å². The Morgan fingerprint density at radius 2 is 1.85 bits per heavy atom. The number of nitrogens with zero attached hydrogens (tertiary/aromatic N) is 1. The molecule has 0 aliphatic carbocycles. The maximum atomic E-state index is 10.6. The minimum atomic E-state index is -0.489. The predicted molar refractivity (Wildman–Crippen MR) is 78.9 cm³/mol. The molecule has 0 spiro atoms. The zero-order chi connectivity index (χ0) is 14.5. The highest BCUT2D eigenvalue weighted by Crippen LogP contribution is 2.34. The molecule has 2 aromatic carbocycles. The van der Waals surface area contributed by atoms with Crippen molar-refractivity contribution in [1.82, 2.24) is 0 Å². The largest absolute Gasteiger partial charge is 0.388 e. The molecule has 1 atom stereocenters. The zero-order valence-corrected chi connectivity index (χ0v) is 11.8. The molecule has 2 aromatic rings. The van der Waals surface area contributed by atoms with Crippen molar-refractivity contribution in [2.45, 2.75) is 29.2 Å². The van der Waals surface area contributed by atoms with Gasteiger partial charge in [0.25, 0.3) is 5.69 Å².